The summed E-state index contributed by atoms with van der Waals surface area (Å²) in [7, 11) is 0. The Balaban J connectivity index is 2.58. The molecule has 0 radical (unpaired) electrons. The molecule has 1 aromatic rings. The SMILES string of the molecule is C=CCOc1ccccc1CNC(C)C(=O)NC(C)(C)C. The molecule has 4 heteroatoms. The molecule has 0 aliphatic carbocycles. The Labute approximate surface area is 127 Å². The summed E-state index contributed by atoms with van der Waals surface area (Å²) in [5.41, 5.74) is 0.799. The van der Waals surface area contributed by atoms with Crippen LogP contribution in [0.25, 0.3) is 0 Å². The van der Waals surface area contributed by atoms with E-state index in [-0.39, 0.29) is 17.5 Å². The van der Waals surface area contributed by atoms with Crippen molar-refractivity contribution >= 4 is 5.91 Å². The van der Waals surface area contributed by atoms with Gasteiger partial charge in [-0.05, 0) is 33.8 Å². The lowest BCUT2D eigenvalue weighted by atomic mass is 10.1. The maximum absolute atomic E-state index is 12.0. The van der Waals surface area contributed by atoms with Crippen LogP contribution in [0, 0.1) is 0 Å². The first-order valence-electron chi connectivity index (χ1n) is 7.20. The maximum Gasteiger partial charge on any atom is 0.237 e. The molecule has 1 aromatic carbocycles. The van der Waals surface area contributed by atoms with Crippen molar-refractivity contribution in [2.24, 2.45) is 0 Å². The topological polar surface area (TPSA) is 50.4 Å². The van der Waals surface area contributed by atoms with Crippen LogP contribution >= 0.6 is 0 Å². The molecule has 0 saturated heterocycles. The fourth-order valence-corrected chi connectivity index (χ4v) is 1.77. The summed E-state index contributed by atoms with van der Waals surface area (Å²) in [5, 5.41) is 6.18. The molecular formula is C17H26N2O2. The molecule has 0 aliphatic heterocycles. The highest BCUT2D eigenvalue weighted by Crippen LogP contribution is 2.17. The number of benzene rings is 1. The normalized spacial score (nSPS) is 12.6. The van der Waals surface area contributed by atoms with Crippen LogP contribution in [0.1, 0.15) is 33.3 Å². The van der Waals surface area contributed by atoms with Gasteiger partial charge in [-0.25, -0.2) is 0 Å². The lowest BCUT2D eigenvalue weighted by Gasteiger charge is -2.24. The van der Waals surface area contributed by atoms with E-state index in [9.17, 15) is 4.79 Å². The fraction of sp³-hybridized carbons (Fsp3) is 0.471. The van der Waals surface area contributed by atoms with Crippen LogP contribution < -0.4 is 15.4 Å². The van der Waals surface area contributed by atoms with Gasteiger partial charge in [0, 0.05) is 17.6 Å². The van der Waals surface area contributed by atoms with Crippen molar-refractivity contribution in [3.8, 4) is 5.75 Å². The molecule has 21 heavy (non-hydrogen) atoms. The van der Waals surface area contributed by atoms with E-state index in [2.05, 4.69) is 17.2 Å². The fourth-order valence-electron chi connectivity index (χ4n) is 1.77. The Bertz CT molecular complexity index is 478. The van der Waals surface area contributed by atoms with E-state index in [1.165, 1.54) is 0 Å². The first-order chi connectivity index (χ1) is 9.83. The second-order valence-electron chi connectivity index (χ2n) is 6.05. The summed E-state index contributed by atoms with van der Waals surface area (Å²) in [6, 6.07) is 7.52. The second kappa shape index (κ2) is 7.84. The predicted octanol–water partition coefficient (Wildman–Crippen LogP) is 2.64. The molecule has 4 nitrogen and oxygen atoms in total. The third-order valence-corrected chi connectivity index (χ3v) is 2.82. The molecule has 2 N–H and O–H groups in total. The lowest BCUT2D eigenvalue weighted by molar-refractivity contribution is -0.124. The summed E-state index contributed by atoms with van der Waals surface area (Å²) in [4.78, 5) is 12.0. The van der Waals surface area contributed by atoms with Crippen molar-refractivity contribution in [3.63, 3.8) is 0 Å². The Morgan fingerprint density at radius 3 is 2.67 bits per heavy atom. The Kier molecular flexibility index (Phi) is 6.43. The first kappa shape index (κ1) is 17.2. The molecule has 0 aromatic heterocycles. The van der Waals surface area contributed by atoms with Gasteiger partial charge in [0.2, 0.25) is 5.91 Å². The maximum atomic E-state index is 12.0. The third kappa shape index (κ3) is 6.45. The Morgan fingerprint density at radius 2 is 2.05 bits per heavy atom. The summed E-state index contributed by atoms with van der Waals surface area (Å²) in [6.07, 6.45) is 1.71. The standard InChI is InChI=1S/C17H26N2O2/c1-6-11-21-15-10-8-7-9-14(15)12-18-13(2)16(20)19-17(3,4)5/h6-10,13,18H,1,11-12H2,2-5H3,(H,19,20). The molecule has 1 atom stereocenters. The molecule has 1 unspecified atom stereocenters. The Morgan fingerprint density at radius 1 is 1.38 bits per heavy atom. The highest BCUT2D eigenvalue weighted by molar-refractivity contribution is 5.81. The first-order valence-corrected chi connectivity index (χ1v) is 7.20. The zero-order valence-electron chi connectivity index (χ0n) is 13.4. The van der Waals surface area contributed by atoms with Gasteiger partial charge in [-0.3, -0.25) is 4.79 Å². The number of carbonyl (C=O) groups is 1. The molecule has 1 rings (SSSR count). The van der Waals surface area contributed by atoms with Gasteiger partial charge in [-0.2, -0.15) is 0 Å². The number of amides is 1. The van der Waals surface area contributed by atoms with E-state index in [4.69, 9.17) is 4.74 Å². The summed E-state index contributed by atoms with van der Waals surface area (Å²) < 4.78 is 5.60. The van der Waals surface area contributed by atoms with Gasteiger partial charge in [0.05, 0.1) is 6.04 Å². The molecule has 0 spiro atoms. The molecule has 0 fully saturated rings. The van der Waals surface area contributed by atoms with Gasteiger partial charge in [0.15, 0.2) is 0 Å². The van der Waals surface area contributed by atoms with E-state index in [0.29, 0.717) is 13.2 Å². The van der Waals surface area contributed by atoms with Crippen LogP contribution in [0.15, 0.2) is 36.9 Å². The number of carbonyl (C=O) groups excluding carboxylic acids is 1. The number of ether oxygens (including phenoxy) is 1. The van der Waals surface area contributed by atoms with Gasteiger partial charge < -0.3 is 15.4 Å². The van der Waals surface area contributed by atoms with Crippen molar-refractivity contribution in [2.75, 3.05) is 6.61 Å². The van der Waals surface area contributed by atoms with Crippen molar-refractivity contribution in [3.05, 3.63) is 42.5 Å². The highest BCUT2D eigenvalue weighted by Gasteiger charge is 2.19. The zero-order chi connectivity index (χ0) is 15.9. The van der Waals surface area contributed by atoms with E-state index in [1.807, 2.05) is 52.0 Å². The summed E-state index contributed by atoms with van der Waals surface area (Å²) >= 11 is 0. The molecular weight excluding hydrogens is 264 g/mol. The number of rotatable bonds is 7. The van der Waals surface area contributed by atoms with Crippen LogP contribution in [0.4, 0.5) is 0 Å². The van der Waals surface area contributed by atoms with E-state index in [1.54, 1.807) is 6.08 Å². The Hall–Kier alpha value is -1.81. The zero-order valence-corrected chi connectivity index (χ0v) is 13.4. The summed E-state index contributed by atoms with van der Waals surface area (Å²) in [5.74, 6) is 0.806. The molecule has 0 aliphatic rings. The van der Waals surface area contributed by atoms with E-state index < -0.39 is 0 Å². The highest BCUT2D eigenvalue weighted by atomic mass is 16.5. The van der Waals surface area contributed by atoms with Gasteiger partial charge in [0.25, 0.3) is 0 Å². The number of hydrogen-bond acceptors (Lipinski definition) is 3. The minimum atomic E-state index is -0.267. The van der Waals surface area contributed by atoms with Crippen LogP contribution in [0.2, 0.25) is 0 Å². The average molecular weight is 290 g/mol. The van der Waals surface area contributed by atoms with Crippen LogP contribution in [-0.4, -0.2) is 24.1 Å². The largest absolute Gasteiger partial charge is 0.489 e. The smallest absolute Gasteiger partial charge is 0.237 e. The van der Waals surface area contributed by atoms with Gasteiger partial charge in [0.1, 0.15) is 12.4 Å². The van der Waals surface area contributed by atoms with Crippen molar-refractivity contribution in [1.29, 1.82) is 0 Å². The van der Waals surface area contributed by atoms with Gasteiger partial charge in [-0.1, -0.05) is 30.9 Å². The van der Waals surface area contributed by atoms with Gasteiger partial charge >= 0.3 is 0 Å². The van der Waals surface area contributed by atoms with Gasteiger partial charge in [-0.15, -0.1) is 0 Å². The molecule has 0 heterocycles. The van der Waals surface area contributed by atoms with E-state index in [0.717, 1.165) is 11.3 Å². The molecule has 116 valence electrons. The predicted molar refractivity (Wildman–Crippen MR) is 86.3 cm³/mol. The van der Waals surface area contributed by atoms with Crippen molar-refractivity contribution in [1.82, 2.24) is 10.6 Å². The molecule has 0 saturated carbocycles. The number of nitrogens with one attached hydrogen (secondary N) is 2. The van der Waals surface area contributed by atoms with Crippen LogP contribution in [-0.2, 0) is 11.3 Å². The lowest BCUT2D eigenvalue weighted by Crippen LogP contribution is -2.49. The molecule has 0 bridgehead atoms. The minimum absolute atomic E-state index is 0.00742. The third-order valence-electron chi connectivity index (χ3n) is 2.82. The van der Waals surface area contributed by atoms with E-state index >= 15 is 0 Å². The average Bonchev–Trinajstić information content (AvgIpc) is 2.41. The van der Waals surface area contributed by atoms with Crippen molar-refractivity contribution < 1.29 is 9.53 Å². The monoisotopic (exact) mass is 290 g/mol. The second-order valence-corrected chi connectivity index (χ2v) is 6.05. The van der Waals surface area contributed by atoms with Crippen LogP contribution in [0.5, 0.6) is 5.75 Å². The summed E-state index contributed by atoms with van der Waals surface area (Å²) in [6.45, 7) is 12.4. The quantitative estimate of drug-likeness (QED) is 0.759. The minimum Gasteiger partial charge on any atom is -0.489 e. The number of para-hydroxylation sites is 1. The number of hydrogen-bond donors (Lipinski definition) is 2. The molecule has 1 amide bonds. The van der Waals surface area contributed by atoms with Crippen LogP contribution in [0.3, 0.4) is 0 Å². The van der Waals surface area contributed by atoms with Crippen molar-refractivity contribution in [2.45, 2.75) is 45.8 Å².